The standard InChI is InChI=1S/C14H17FO2/c1-3-5-10-17-14(16)13(4-2)11-6-8-12(15)9-7-11/h4,6-9H,3,5,10H2,1-2H3/b13-4+. The average molecular weight is 236 g/mol. The largest absolute Gasteiger partial charge is 0.462 e. The molecular weight excluding hydrogens is 219 g/mol. The molecule has 0 heterocycles. The van der Waals surface area contributed by atoms with Crippen molar-refractivity contribution in [1.82, 2.24) is 0 Å². The molecular formula is C14H17FO2. The van der Waals surface area contributed by atoms with Crippen molar-refractivity contribution < 1.29 is 13.9 Å². The molecule has 0 aliphatic rings. The molecule has 17 heavy (non-hydrogen) atoms. The van der Waals surface area contributed by atoms with Gasteiger partial charge in [-0.05, 0) is 31.0 Å². The Labute approximate surface area is 101 Å². The number of carbonyl (C=O) groups excluding carboxylic acids is 1. The molecule has 0 saturated heterocycles. The SMILES string of the molecule is C/C=C(/C(=O)OCCCC)c1ccc(F)cc1. The molecule has 0 radical (unpaired) electrons. The maximum atomic E-state index is 12.8. The predicted octanol–water partition coefficient (Wildman–Crippen LogP) is 3.57. The van der Waals surface area contributed by atoms with E-state index in [-0.39, 0.29) is 11.8 Å². The number of hydrogen-bond donors (Lipinski definition) is 0. The molecule has 1 aromatic rings. The fourth-order valence-electron chi connectivity index (χ4n) is 1.42. The van der Waals surface area contributed by atoms with Crippen molar-refractivity contribution in [3.63, 3.8) is 0 Å². The van der Waals surface area contributed by atoms with Crippen LogP contribution in [0.2, 0.25) is 0 Å². The summed E-state index contributed by atoms with van der Waals surface area (Å²) in [6, 6.07) is 5.81. The Morgan fingerprint density at radius 2 is 2.00 bits per heavy atom. The molecule has 92 valence electrons. The van der Waals surface area contributed by atoms with Gasteiger partial charge in [0.25, 0.3) is 0 Å². The number of allylic oxidation sites excluding steroid dienone is 1. The first-order chi connectivity index (χ1) is 8.19. The van der Waals surface area contributed by atoms with Gasteiger partial charge in [-0.2, -0.15) is 0 Å². The van der Waals surface area contributed by atoms with Crippen LogP contribution < -0.4 is 0 Å². The van der Waals surface area contributed by atoms with Gasteiger partial charge >= 0.3 is 5.97 Å². The Balaban J connectivity index is 2.72. The molecule has 1 aromatic carbocycles. The highest BCUT2D eigenvalue weighted by atomic mass is 19.1. The molecule has 0 N–H and O–H groups in total. The second-order valence-electron chi connectivity index (χ2n) is 3.70. The van der Waals surface area contributed by atoms with Gasteiger partial charge in [-0.3, -0.25) is 0 Å². The third kappa shape index (κ3) is 4.02. The minimum Gasteiger partial charge on any atom is -0.462 e. The quantitative estimate of drug-likeness (QED) is 0.444. The zero-order chi connectivity index (χ0) is 12.7. The van der Waals surface area contributed by atoms with E-state index in [1.165, 1.54) is 12.1 Å². The molecule has 2 nitrogen and oxygen atoms in total. The molecule has 0 fully saturated rings. The third-order valence-corrected chi connectivity index (χ3v) is 2.39. The first-order valence-corrected chi connectivity index (χ1v) is 5.78. The highest BCUT2D eigenvalue weighted by Gasteiger charge is 2.12. The maximum absolute atomic E-state index is 12.8. The molecule has 0 saturated carbocycles. The van der Waals surface area contributed by atoms with E-state index in [9.17, 15) is 9.18 Å². The predicted molar refractivity (Wildman–Crippen MR) is 65.9 cm³/mol. The lowest BCUT2D eigenvalue weighted by Crippen LogP contribution is -2.08. The monoisotopic (exact) mass is 236 g/mol. The van der Waals surface area contributed by atoms with Gasteiger partial charge in [-0.25, -0.2) is 9.18 Å². The molecule has 0 aromatic heterocycles. The second kappa shape index (κ2) is 6.84. The van der Waals surface area contributed by atoms with Gasteiger partial charge in [0.15, 0.2) is 0 Å². The van der Waals surface area contributed by atoms with Crippen LogP contribution in [0.25, 0.3) is 5.57 Å². The Bertz CT molecular complexity index is 393. The summed E-state index contributed by atoms with van der Waals surface area (Å²) in [5.41, 5.74) is 1.15. The Morgan fingerprint density at radius 1 is 1.35 bits per heavy atom. The van der Waals surface area contributed by atoms with Crippen LogP contribution in [0.1, 0.15) is 32.3 Å². The molecule has 0 spiro atoms. The summed E-state index contributed by atoms with van der Waals surface area (Å²) in [5, 5.41) is 0. The fourth-order valence-corrected chi connectivity index (χ4v) is 1.42. The maximum Gasteiger partial charge on any atom is 0.338 e. The van der Waals surface area contributed by atoms with Gasteiger partial charge in [0, 0.05) is 0 Å². The number of unbranched alkanes of at least 4 members (excludes halogenated alkanes) is 1. The lowest BCUT2D eigenvalue weighted by Gasteiger charge is -2.07. The molecule has 1 rings (SSSR count). The lowest BCUT2D eigenvalue weighted by molar-refractivity contribution is -0.136. The zero-order valence-corrected chi connectivity index (χ0v) is 10.2. The van der Waals surface area contributed by atoms with Crippen LogP contribution in [0.3, 0.4) is 0 Å². The molecule has 0 aliphatic heterocycles. The summed E-state index contributed by atoms with van der Waals surface area (Å²) < 4.78 is 17.9. The van der Waals surface area contributed by atoms with Gasteiger partial charge in [-0.15, -0.1) is 0 Å². The van der Waals surface area contributed by atoms with Crippen LogP contribution in [0.4, 0.5) is 4.39 Å². The first kappa shape index (κ1) is 13.4. The fraction of sp³-hybridized carbons (Fsp3) is 0.357. The number of esters is 1. The number of rotatable bonds is 5. The van der Waals surface area contributed by atoms with Crippen LogP contribution in [0.5, 0.6) is 0 Å². The van der Waals surface area contributed by atoms with E-state index in [4.69, 9.17) is 4.74 Å². The van der Waals surface area contributed by atoms with Crippen molar-refractivity contribution in [2.24, 2.45) is 0 Å². The number of ether oxygens (including phenoxy) is 1. The minimum absolute atomic E-state index is 0.316. The Hall–Kier alpha value is -1.64. The summed E-state index contributed by atoms with van der Waals surface area (Å²) in [5.74, 6) is -0.670. The summed E-state index contributed by atoms with van der Waals surface area (Å²) in [7, 11) is 0. The zero-order valence-electron chi connectivity index (χ0n) is 10.2. The molecule has 0 unspecified atom stereocenters. The van der Waals surface area contributed by atoms with E-state index >= 15 is 0 Å². The minimum atomic E-state index is -0.354. The van der Waals surface area contributed by atoms with Crippen molar-refractivity contribution in [2.75, 3.05) is 6.61 Å². The molecule has 0 aliphatic carbocycles. The van der Waals surface area contributed by atoms with E-state index in [0.717, 1.165) is 12.8 Å². The van der Waals surface area contributed by atoms with E-state index in [1.807, 2.05) is 6.92 Å². The van der Waals surface area contributed by atoms with E-state index < -0.39 is 0 Å². The Morgan fingerprint density at radius 3 is 2.53 bits per heavy atom. The van der Waals surface area contributed by atoms with Gasteiger partial charge in [0.05, 0.1) is 12.2 Å². The van der Waals surface area contributed by atoms with Gasteiger partial charge in [-0.1, -0.05) is 31.6 Å². The first-order valence-electron chi connectivity index (χ1n) is 5.78. The number of halogens is 1. The van der Waals surface area contributed by atoms with Crippen LogP contribution in [0.15, 0.2) is 30.3 Å². The van der Waals surface area contributed by atoms with Gasteiger partial charge < -0.3 is 4.74 Å². The normalized spacial score (nSPS) is 11.4. The highest BCUT2D eigenvalue weighted by Crippen LogP contribution is 2.16. The highest BCUT2D eigenvalue weighted by molar-refractivity contribution is 6.16. The summed E-state index contributed by atoms with van der Waals surface area (Å²) in [6.07, 6.45) is 3.52. The van der Waals surface area contributed by atoms with Crippen molar-refractivity contribution in [2.45, 2.75) is 26.7 Å². The van der Waals surface area contributed by atoms with Crippen LogP contribution >= 0.6 is 0 Å². The van der Waals surface area contributed by atoms with Crippen LogP contribution in [-0.4, -0.2) is 12.6 Å². The van der Waals surface area contributed by atoms with Crippen molar-refractivity contribution in [1.29, 1.82) is 0 Å². The van der Waals surface area contributed by atoms with E-state index in [0.29, 0.717) is 17.7 Å². The summed E-state index contributed by atoms with van der Waals surface area (Å²) >= 11 is 0. The number of carbonyl (C=O) groups is 1. The lowest BCUT2D eigenvalue weighted by atomic mass is 10.1. The van der Waals surface area contributed by atoms with E-state index in [2.05, 4.69) is 0 Å². The van der Waals surface area contributed by atoms with Gasteiger partial charge in [0.1, 0.15) is 5.82 Å². The third-order valence-electron chi connectivity index (χ3n) is 2.39. The summed E-state index contributed by atoms with van der Waals surface area (Å²) in [4.78, 5) is 11.8. The molecule has 0 bridgehead atoms. The number of benzene rings is 1. The van der Waals surface area contributed by atoms with Gasteiger partial charge in [0.2, 0.25) is 0 Å². The van der Waals surface area contributed by atoms with Crippen molar-refractivity contribution in [3.8, 4) is 0 Å². The number of hydrogen-bond acceptors (Lipinski definition) is 2. The van der Waals surface area contributed by atoms with Crippen LogP contribution in [0, 0.1) is 5.82 Å². The van der Waals surface area contributed by atoms with Crippen molar-refractivity contribution in [3.05, 3.63) is 41.7 Å². The smallest absolute Gasteiger partial charge is 0.338 e. The van der Waals surface area contributed by atoms with E-state index in [1.54, 1.807) is 25.1 Å². The molecule has 3 heteroatoms. The molecule has 0 atom stereocenters. The van der Waals surface area contributed by atoms with Crippen molar-refractivity contribution >= 4 is 11.5 Å². The summed E-state index contributed by atoms with van der Waals surface area (Å²) in [6.45, 7) is 4.22. The molecule has 0 amide bonds. The second-order valence-corrected chi connectivity index (χ2v) is 3.70. The topological polar surface area (TPSA) is 26.3 Å². The average Bonchev–Trinajstić information content (AvgIpc) is 2.33. The van der Waals surface area contributed by atoms with Crippen LogP contribution in [-0.2, 0) is 9.53 Å². The Kier molecular flexibility index (Phi) is 5.40.